The second kappa shape index (κ2) is 6.54. The number of hydrogen-bond acceptors (Lipinski definition) is 4. The number of rotatable bonds is 3. The zero-order valence-corrected chi connectivity index (χ0v) is 14.5. The Bertz CT molecular complexity index is 781. The van der Waals surface area contributed by atoms with E-state index in [-0.39, 0.29) is 23.8 Å². The number of aromatic amines is 1. The van der Waals surface area contributed by atoms with Crippen LogP contribution in [-0.4, -0.2) is 22.8 Å². The average molecular weight is 341 g/mol. The summed E-state index contributed by atoms with van der Waals surface area (Å²) in [5.41, 5.74) is 2.65. The fraction of sp³-hybridized carbons (Fsp3) is 0.500. The molecule has 0 bridgehead atoms. The summed E-state index contributed by atoms with van der Waals surface area (Å²) in [6, 6.07) is 3.74. The van der Waals surface area contributed by atoms with Crippen molar-refractivity contribution in [3.63, 3.8) is 0 Å². The Labute approximate surface area is 146 Å². The van der Waals surface area contributed by atoms with Crippen LogP contribution in [0.2, 0.25) is 0 Å². The van der Waals surface area contributed by atoms with Crippen molar-refractivity contribution in [1.29, 1.82) is 0 Å². The van der Waals surface area contributed by atoms with Crippen LogP contribution >= 0.6 is 0 Å². The van der Waals surface area contributed by atoms with E-state index >= 15 is 0 Å². The Balaban J connectivity index is 1.56. The summed E-state index contributed by atoms with van der Waals surface area (Å²) < 4.78 is 11.1. The van der Waals surface area contributed by atoms with Crippen LogP contribution in [0.15, 0.2) is 22.8 Å². The van der Waals surface area contributed by atoms with E-state index in [1.807, 2.05) is 19.1 Å². The normalized spacial score (nSPS) is 21.2. The van der Waals surface area contributed by atoms with Gasteiger partial charge in [0.05, 0.1) is 6.26 Å². The van der Waals surface area contributed by atoms with Crippen molar-refractivity contribution in [2.24, 2.45) is 0 Å². The molecular formula is C20H23NO4. The first kappa shape index (κ1) is 16.2. The first-order chi connectivity index (χ1) is 12.1. The van der Waals surface area contributed by atoms with Crippen LogP contribution in [0.1, 0.15) is 82.3 Å². The molecule has 5 nitrogen and oxygen atoms in total. The molecule has 0 amide bonds. The molecule has 0 radical (unpaired) electrons. The van der Waals surface area contributed by atoms with E-state index in [0.29, 0.717) is 24.1 Å². The van der Waals surface area contributed by atoms with Crippen LogP contribution < -0.4 is 0 Å². The van der Waals surface area contributed by atoms with Gasteiger partial charge in [-0.1, -0.05) is 6.42 Å². The van der Waals surface area contributed by atoms with Crippen molar-refractivity contribution in [1.82, 2.24) is 4.98 Å². The van der Waals surface area contributed by atoms with E-state index < -0.39 is 0 Å². The van der Waals surface area contributed by atoms with Crippen molar-refractivity contribution >= 4 is 11.8 Å². The molecule has 25 heavy (non-hydrogen) atoms. The molecule has 1 N–H and O–H groups in total. The van der Waals surface area contributed by atoms with Gasteiger partial charge in [0.15, 0.2) is 5.78 Å². The molecule has 2 heterocycles. The fourth-order valence-corrected chi connectivity index (χ4v) is 4.16. The predicted molar refractivity (Wildman–Crippen MR) is 91.9 cm³/mol. The Morgan fingerprint density at radius 2 is 2.04 bits per heavy atom. The number of nitrogens with one attached hydrogen (secondary N) is 1. The number of hydrogen-bond donors (Lipinski definition) is 1. The zero-order chi connectivity index (χ0) is 17.4. The number of Topliss-reactive ketones (excluding diaryl/α,β-unsaturated/α-hetero) is 1. The largest absolute Gasteiger partial charge is 0.469 e. The van der Waals surface area contributed by atoms with Crippen LogP contribution in [0.4, 0.5) is 0 Å². The molecule has 5 heteroatoms. The summed E-state index contributed by atoms with van der Waals surface area (Å²) in [4.78, 5) is 28.4. The summed E-state index contributed by atoms with van der Waals surface area (Å²) in [6.45, 7) is 1.83. The Morgan fingerprint density at radius 1 is 1.24 bits per heavy atom. The standard InChI is InChI=1S/C20H23NO4/c1-12-18-15(10-13(11-16(18)22)17-8-5-9-24-17)21-19(12)20(23)25-14-6-3-2-4-7-14/h5,8-9,13-14,21H,2-4,6-7,10-11H2,1H3. The number of H-pyrrole nitrogens is 1. The third kappa shape index (κ3) is 3.03. The molecule has 1 atom stereocenters. The number of carbonyl (C=O) groups excluding carboxylic acids is 2. The van der Waals surface area contributed by atoms with Crippen molar-refractivity contribution in [3.8, 4) is 0 Å². The number of ether oxygens (including phenoxy) is 1. The van der Waals surface area contributed by atoms with Crippen LogP contribution in [0.5, 0.6) is 0 Å². The summed E-state index contributed by atoms with van der Waals surface area (Å²) in [5.74, 6) is 0.571. The fourth-order valence-electron chi connectivity index (χ4n) is 4.16. The minimum absolute atomic E-state index is 0.00699. The number of aromatic nitrogens is 1. The second-order valence-electron chi connectivity index (χ2n) is 7.19. The SMILES string of the molecule is Cc1c(C(=O)OC2CCCCC2)[nH]c2c1C(=O)CC(c1ccco1)C2. The van der Waals surface area contributed by atoms with Gasteiger partial charge in [0.1, 0.15) is 17.6 Å². The van der Waals surface area contributed by atoms with E-state index in [2.05, 4.69) is 4.98 Å². The second-order valence-corrected chi connectivity index (χ2v) is 7.19. The Morgan fingerprint density at radius 3 is 2.76 bits per heavy atom. The smallest absolute Gasteiger partial charge is 0.355 e. The predicted octanol–water partition coefficient (Wildman–Crippen LogP) is 4.32. The highest BCUT2D eigenvalue weighted by Gasteiger charge is 2.33. The van der Waals surface area contributed by atoms with Gasteiger partial charge in [-0.15, -0.1) is 0 Å². The quantitative estimate of drug-likeness (QED) is 0.844. The molecule has 4 rings (SSSR count). The van der Waals surface area contributed by atoms with Gasteiger partial charge < -0.3 is 14.1 Å². The molecule has 2 aliphatic carbocycles. The number of furan rings is 1. The number of fused-ring (bicyclic) bond motifs is 1. The minimum Gasteiger partial charge on any atom is -0.469 e. The van der Waals surface area contributed by atoms with Crippen LogP contribution in [0, 0.1) is 6.92 Å². The minimum atomic E-state index is -0.332. The van der Waals surface area contributed by atoms with Crippen LogP contribution in [0.25, 0.3) is 0 Å². The molecule has 1 saturated carbocycles. The lowest BCUT2D eigenvalue weighted by Gasteiger charge is -2.21. The summed E-state index contributed by atoms with van der Waals surface area (Å²) in [6.07, 6.45) is 8.03. The van der Waals surface area contributed by atoms with Gasteiger partial charge in [0, 0.05) is 23.6 Å². The molecule has 0 aliphatic heterocycles. The van der Waals surface area contributed by atoms with Gasteiger partial charge in [-0.2, -0.15) is 0 Å². The Hall–Kier alpha value is -2.30. The van der Waals surface area contributed by atoms with E-state index in [1.54, 1.807) is 6.26 Å². The van der Waals surface area contributed by atoms with Gasteiger partial charge in [-0.05, 0) is 56.7 Å². The van der Waals surface area contributed by atoms with E-state index in [1.165, 1.54) is 6.42 Å². The van der Waals surface area contributed by atoms with Crippen LogP contribution in [0.3, 0.4) is 0 Å². The topological polar surface area (TPSA) is 72.3 Å². The van der Waals surface area contributed by atoms with Gasteiger partial charge in [-0.25, -0.2) is 4.79 Å². The molecule has 132 valence electrons. The number of ketones is 1. The van der Waals surface area contributed by atoms with E-state index in [9.17, 15) is 9.59 Å². The first-order valence-electron chi connectivity index (χ1n) is 9.12. The lowest BCUT2D eigenvalue weighted by Crippen LogP contribution is -2.21. The highest BCUT2D eigenvalue weighted by atomic mass is 16.5. The third-order valence-electron chi connectivity index (χ3n) is 5.46. The maximum atomic E-state index is 12.6. The molecular weight excluding hydrogens is 318 g/mol. The lowest BCUT2D eigenvalue weighted by atomic mass is 9.84. The molecule has 2 aromatic heterocycles. The first-order valence-corrected chi connectivity index (χ1v) is 9.12. The van der Waals surface area contributed by atoms with Crippen molar-refractivity contribution in [3.05, 3.63) is 46.7 Å². The van der Waals surface area contributed by atoms with E-state index in [0.717, 1.165) is 42.7 Å². The zero-order valence-electron chi connectivity index (χ0n) is 14.5. The number of esters is 1. The molecule has 1 unspecified atom stereocenters. The van der Waals surface area contributed by atoms with Crippen molar-refractivity contribution in [2.45, 2.75) is 63.9 Å². The highest BCUT2D eigenvalue weighted by Crippen LogP contribution is 2.35. The summed E-state index contributed by atoms with van der Waals surface area (Å²) in [7, 11) is 0. The molecule has 0 aromatic carbocycles. The summed E-state index contributed by atoms with van der Waals surface area (Å²) in [5, 5.41) is 0. The molecule has 0 saturated heterocycles. The van der Waals surface area contributed by atoms with E-state index in [4.69, 9.17) is 9.15 Å². The maximum absolute atomic E-state index is 12.6. The van der Waals surface area contributed by atoms with Gasteiger partial charge >= 0.3 is 5.97 Å². The van der Waals surface area contributed by atoms with Crippen molar-refractivity contribution < 1.29 is 18.7 Å². The van der Waals surface area contributed by atoms with Crippen LogP contribution in [-0.2, 0) is 11.2 Å². The van der Waals surface area contributed by atoms with Crippen molar-refractivity contribution in [2.75, 3.05) is 0 Å². The summed E-state index contributed by atoms with van der Waals surface area (Å²) >= 11 is 0. The molecule has 2 aliphatic rings. The molecule has 2 aromatic rings. The average Bonchev–Trinajstić information content (AvgIpc) is 3.24. The molecule has 1 fully saturated rings. The third-order valence-corrected chi connectivity index (χ3v) is 5.46. The van der Waals surface area contributed by atoms with Gasteiger partial charge in [-0.3, -0.25) is 4.79 Å². The number of carbonyl (C=O) groups is 2. The Kier molecular flexibility index (Phi) is 4.24. The van der Waals surface area contributed by atoms with Gasteiger partial charge in [0.2, 0.25) is 0 Å². The monoisotopic (exact) mass is 341 g/mol. The lowest BCUT2D eigenvalue weighted by molar-refractivity contribution is 0.0204. The molecule has 0 spiro atoms. The highest BCUT2D eigenvalue weighted by molar-refractivity contribution is 6.03. The van der Waals surface area contributed by atoms with Gasteiger partial charge in [0.25, 0.3) is 0 Å². The maximum Gasteiger partial charge on any atom is 0.355 e.